The minimum atomic E-state index is 0.0852. The predicted molar refractivity (Wildman–Crippen MR) is 74.1 cm³/mol. The van der Waals surface area contributed by atoms with E-state index >= 15 is 0 Å². The lowest BCUT2D eigenvalue weighted by atomic mass is 10.0. The molecule has 0 atom stereocenters. The number of fused-ring (bicyclic) bond motifs is 1. The summed E-state index contributed by atoms with van der Waals surface area (Å²) in [6.07, 6.45) is 0.737. The zero-order valence-corrected chi connectivity index (χ0v) is 10.4. The lowest BCUT2D eigenvalue weighted by Crippen LogP contribution is -2.03. The number of anilines is 1. The van der Waals surface area contributed by atoms with Crippen molar-refractivity contribution in [2.75, 3.05) is 18.5 Å². The molecule has 94 valence electrons. The summed E-state index contributed by atoms with van der Waals surface area (Å²) < 4.78 is 0. The first-order chi connectivity index (χ1) is 8.70. The zero-order chi connectivity index (χ0) is 13.0. The van der Waals surface area contributed by atoms with E-state index in [1.165, 1.54) is 0 Å². The van der Waals surface area contributed by atoms with Gasteiger partial charge in [0.05, 0.1) is 0 Å². The van der Waals surface area contributed by atoms with E-state index in [0.717, 1.165) is 35.0 Å². The van der Waals surface area contributed by atoms with Gasteiger partial charge in [-0.1, -0.05) is 18.2 Å². The van der Waals surface area contributed by atoms with Crippen molar-refractivity contribution >= 4 is 22.2 Å². The van der Waals surface area contributed by atoms with Crippen LogP contribution >= 0.6 is 0 Å². The molecule has 2 aromatic rings. The summed E-state index contributed by atoms with van der Waals surface area (Å²) in [4.78, 5) is 11.3. The molecule has 0 bridgehead atoms. The maximum absolute atomic E-state index is 11.3. The summed E-state index contributed by atoms with van der Waals surface area (Å²) in [6.45, 7) is 2.53. The highest BCUT2D eigenvalue weighted by Crippen LogP contribution is 2.20. The van der Waals surface area contributed by atoms with Gasteiger partial charge in [0.2, 0.25) is 0 Å². The predicted octanol–water partition coefficient (Wildman–Crippen LogP) is 2.84. The van der Waals surface area contributed by atoms with E-state index in [1.54, 1.807) is 6.92 Å². The number of rotatable bonds is 5. The molecule has 0 heterocycles. The van der Waals surface area contributed by atoms with Crippen LogP contribution in [0.5, 0.6) is 0 Å². The molecule has 0 aliphatic rings. The van der Waals surface area contributed by atoms with E-state index in [0.29, 0.717) is 0 Å². The summed E-state index contributed by atoms with van der Waals surface area (Å²) in [5.74, 6) is 0.0852. The number of aliphatic hydroxyl groups excluding tert-OH is 1. The topological polar surface area (TPSA) is 49.3 Å². The number of nitrogens with one attached hydrogen (secondary N) is 1. The monoisotopic (exact) mass is 243 g/mol. The van der Waals surface area contributed by atoms with Crippen LogP contribution in [0.3, 0.4) is 0 Å². The van der Waals surface area contributed by atoms with Crippen LogP contribution in [-0.2, 0) is 0 Å². The van der Waals surface area contributed by atoms with Crippen LogP contribution in [0.25, 0.3) is 10.8 Å². The molecule has 2 rings (SSSR count). The number of hydrogen-bond acceptors (Lipinski definition) is 3. The van der Waals surface area contributed by atoms with Gasteiger partial charge < -0.3 is 10.4 Å². The lowest BCUT2D eigenvalue weighted by molar-refractivity contribution is 0.101. The highest BCUT2D eigenvalue weighted by molar-refractivity contribution is 5.99. The molecule has 0 amide bonds. The van der Waals surface area contributed by atoms with Crippen molar-refractivity contribution < 1.29 is 9.90 Å². The van der Waals surface area contributed by atoms with Gasteiger partial charge in [-0.15, -0.1) is 0 Å². The average Bonchev–Trinajstić information content (AvgIpc) is 2.38. The Balaban J connectivity index is 2.24. The molecule has 0 unspecified atom stereocenters. The van der Waals surface area contributed by atoms with E-state index in [4.69, 9.17) is 5.11 Å². The van der Waals surface area contributed by atoms with Crippen molar-refractivity contribution in [3.63, 3.8) is 0 Å². The second-order valence-corrected chi connectivity index (χ2v) is 4.34. The van der Waals surface area contributed by atoms with Gasteiger partial charge in [0.25, 0.3) is 0 Å². The Labute approximate surface area is 106 Å². The van der Waals surface area contributed by atoms with Crippen molar-refractivity contribution in [3.8, 4) is 0 Å². The Morgan fingerprint density at radius 1 is 1.17 bits per heavy atom. The van der Waals surface area contributed by atoms with Crippen molar-refractivity contribution in [2.24, 2.45) is 0 Å². The number of ketones is 1. The highest BCUT2D eigenvalue weighted by Gasteiger charge is 2.01. The molecule has 2 N–H and O–H groups in total. The number of carbonyl (C=O) groups excluding carboxylic acids is 1. The van der Waals surface area contributed by atoms with E-state index in [-0.39, 0.29) is 12.4 Å². The summed E-state index contributed by atoms with van der Waals surface area (Å²) in [7, 11) is 0. The lowest BCUT2D eigenvalue weighted by Gasteiger charge is -2.07. The molecule has 18 heavy (non-hydrogen) atoms. The molecule has 0 fully saturated rings. The van der Waals surface area contributed by atoms with E-state index < -0.39 is 0 Å². The first-order valence-electron chi connectivity index (χ1n) is 6.10. The molecule has 3 nitrogen and oxygen atoms in total. The van der Waals surface area contributed by atoms with Crippen LogP contribution in [-0.4, -0.2) is 24.0 Å². The van der Waals surface area contributed by atoms with E-state index in [1.807, 2.05) is 30.3 Å². The van der Waals surface area contributed by atoms with Gasteiger partial charge in [0.1, 0.15) is 0 Å². The number of hydrogen-bond donors (Lipinski definition) is 2. The maximum Gasteiger partial charge on any atom is 0.159 e. The van der Waals surface area contributed by atoms with Gasteiger partial charge >= 0.3 is 0 Å². The smallest absolute Gasteiger partial charge is 0.159 e. The Hall–Kier alpha value is -1.87. The van der Waals surface area contributed by atoms with Crippen LogP contribution in [0.15, 0.2) is 36.4 Å². The van der Waals surface area contributed by atoms with E-state index in [2.05, 4.69) is 11.4 Å². The third kappa shape index (κ3) is 2.87. The van der Waals surface area contributed by atoms with Crippen LogP contribution in [0, 0.1) is 0 Å². The molecule has 3 heteroatoms. The van der Waals surface area contributed by atoms with Gasteiger partial charge in [-0.25, -0.2) is 0 Å². The fourth-order valence-electron chi connectivity index (χ4n) is 1.89. The first-order valence-corrected chi connectivity index (χ1v) is 6.10. The van der Waals surface area contributed by atoms with E-state index in [9.17, 15) is 4.79 Å². The minimum Gasteiger partial charge on any atom is -0.396 e. The molecule has 0 aromatic heterocycles. The number of carbonyl (C=O) groups is 1. The third-order valence-corrected chi connectivity index (χ3v) is 2.91. The molecule has 0 aliphatic carbocycles. The molecular formula is C15H17NO2. The molecule has 0 spiro atoms. The number of Topliss-reactive ketones (excluding diaryl/α,β-unsaturated/α-hetero) is 1. The molecular weight excluding hydrogens is 226 g/mol. The van der Waals surface area contributed by atoms with Crippen LogP contribution < -0.4 is 5.32 Å². The first kappa shape index (κ1) is 12.6. The second kappa shape index (κ2) is 5.65. The summed E-state index contributed by atoms with van der Waals surface area (Å²) in [5.41, 5.74) is 1.77. The normalized spacial score (nSPS) is 10.6. The SMILES string of the molecule is CC(=O)c1ccc2cc(NCCCO)ccc2c1. The molecule has 0 saturated heterocycles. The summed E-state index contributed by atoms with van der Waals surface area (Å²) >= 11 is 0. The minimum absolute atomic E-state index is 0.0852. The van der Waals surface area contributed by atoms with Crippen molar-refractivity contribution in [3.05, 3.63) is 42.0 Å². The Morgan fingerprint density at radius 3 is 2.61 bits per heavy atom. The largest absolute Gasteiger partial charge is 0.396 e. The second-order valence-electron chi connectivity index (χ2n) is 4.34. The number of benzene rings is 2. The number of aliphatic hydroxyl groups is 1. The average molecular weight is 243 g/mol. The summed E-state index contributed by atoms with van der Waals surface area (Å²) in [6, 6.07) is 11.8. The van der Waals surface area contributed by atoms with Crippen molar-refractivity contribution in [1.82, 2.24) is 0 Å². The zero-order valence-electron chi connectivity index (χ0n) is 10.4. The molecule has 0 saturated carbocycles. The Bertz CT molecular complexity index is 563. The Morgan fingerprint density at radius 2 is 1.89 bits per heavy atom. The van der Waals surface area contributed by atoms with Crippen molar-refractivity contribution in [1.29, 1.82) is 0 Å². The van der Waals surface area contributed by atoms with Crippen molar-refractivity contribution in [2.45, 2.75) is 13.3 Å². The summed E-state index contributed by atoms with van der Waals surface area (Å²) in [5, 5.41) is 14.1. The van der Waals surface area contributed by atoms with Gasteiger partial charge in [-0.3, -0.25) is 4.79 Å². The van der Waals surface area contributed by atoms with Crippen LogP contribution in [0.4, 0.5) is 5.69 Å². The third-order valence-electron chi connectivity index (χ3n) is 2.91. The molecule has 0 radical (unpaired) electrons. The fraction of sp³-hybridized carbons (Fsp3) is 0.267. The van der Waals surface area contributed by atoms with Crippen LogP contribution in [0.2, 0.25) is 0 Å². The fourth-order valence-corrected chi connectivity index (χ4v) is 1.89. The molecule has 0 aliphatic heterocycles. The Kier molecular flexibility index (Phi) is 3.95. The van der Waals surface area contributed by atoms with Crippen LogP contribution in [0.1, 0.15) is 23.7 Å². The van der Waals surface area contributed by atoms with Gasteiger partial charge in [0.15, 0.2) is 5.78 Å². The standard InChI is InChI=1S/C15H17NO2/c1-11(18)12-3-4-14-10-15(16-7-2-8-17)6-5-13(14)9-12/h3-6,9-10,16-17H,2,7-8H2,1H3. The highest BCUT2D eigenvalue weighted by atomic mass is 16.3. The molecule has 2 aromatic carbocycles. The quantitative estimate of drug-likeness (QED) is 0.627. The van der Waals surface area contributed by atoms with Gasteiger partial charge in [-0.05, 0) is 42.3 Å². The van der Waals surface area contributed by atoms with Gasteiger partial charge in [-0.2, -0.15) is 0 Å². The van der Waals surface area contributed by atoms with Gasteiger partial charge in [0, 0.05) is 24.4 Å². The maximum atomic E-state index is 11.3.